The fourth-order valence-electron chi connectivity index (χ4n) is 3.10. The molecular formula is C20H23N3O2. The zero-order valence-corrected chi connectivity index (χ0v) is 14.8. The number of pyridine rings is 1. The number of ether oxygens (including phenoxy) is 1. The summed E-state index contributed by atoms with van der Waals surface area (Å²) in [5, 5.41) is 4.13. The minimum Gasteiger partial charge on any atom is -0.497 e. The van der Waals surface area contributed by atoms with Crippen molar-refractivity contribution in [3.8, 4) is 5.75 Å². The molecule has 1 aromatic carbocycles. The molecule has 0 saturated heterocycles. The summed E-state index contributed by atoms with van der Waals surface area (Å²) in [5.41, 5.74) is 5.13. The van der Waals surface area contributed by atoms with Crippen LogP contribution in [0.5, 0.6) is 5.75 Å². The molecule has 5 nitrogen and oxygen atoms in total. The summed E-state index contributed by atoms with van der Waals surface area (Å²) in [6, 6.07) is 9.87. The molecule has 0 radical (unpaired) electrons. The molecule has 2 heterocycles. The number of amides is 1. The van der Waals surface area contributed by atoms with E-state index < -0.39 is 0 Å². The smallest absolute Gasteiger partial charge is 0.224 e. The van der Waals surface area contributed by atoms with E-state index in [4.69, 9.17) is 4.74 Å². The van der Waals surface area contributed by atoms with Crippen molar-refractivity contribution in [3.63, 3.8) is 0 Å². The van der Waals surface area contributed by atoms with Gasteiger partial charge in [0.05, 0.1) is 13.5 Å². The lowest BCUT2D eigenvalue weighted by atomic mass is 10.1. The molecule has 0 aliphatic heterocycles. The maximum absolute atomic E-state index is 12.2. The number of fused-ring (bicyclic) bond motifs is 1. The van der Waals surface area contributed by atoms with Crippen LogP contribution in [-0.4, -0.2) is 29.5 Å². The van der Waals surface area contributed by atoms with Crippen molar-refractivity contribution >= 4 is 16.8 Å². The van der Waals surface area contributed by atoms with E-state index in [0.717, 1.165) is 40.0 Å². The van der Waals surface area contributed by atoms with Crippen LogP contribution in [0.3, 0.4) is 0 Å². The highest BCUT2D eigenvalue weighted by molar-refractivity contribution is 5.84. The van der Waals surface area contributed by atoms with E-state index >= 15 is 0 Å². The van der Waals surface area contributed by atoms with Crippen molar-refractivity contribution in [1.29, 1.82) is 0 Å². The maximum atomic E-state index is 12.2. The van der Waals surface area contributed by atoms with Gasteiger partial charge in [-0.25, -0.2) is 0 Å². The highest BCUT2D eigenvalue weighted by Crippen LogP contribution is 2.23. The van der Waals surface area contributed by atoms with Gasteiger partial charge in [-0.15, -0.1) is 0 Å². The number of H-pyrrole nitrogens is 1. The topological polar surface area (TPSA) is 67.0 Å². The zero-order valence-electron chi connectivity index (χ0n) is 14.8. The number of benzene rings is 1. The number of nitrogens with zero attached hydrogens (tertiary/aromatic N) is 1. The normalized spacial score (nSPS) is 10.8. The summed E-state index contributed by atoms with van der Waals surface area (Å²) in [7, 11) is 1.66. The van der Waals surface area contributed by atoms with E-state index in [2.05, 4.69) is 15.3 Å². The van der Waals surface area contributed by atoms with Gasteiger partial charge in [0.15, 0.2) is 0 Å². The summed E-state index contributed by atoms with van der Waals surface area (Å²) in [6.07, 6.45) is 3.14. The Morgan fingerprint density at radius 1 is 1.20 bits per heavy atom. The van der Waals surface area contributed by atoms with Gasteiger partial charge in [0.1, 0.15) is 5.75 Å². The fraction of sp³-hybridized carbons (Fsp3) is 0.300. The predicted molar refractivity (Wildman–Crippen MR) is 99.0 cm³/mol. The third kappa shape index (κ3) is 4.18. The molecular weight excluding hydrogens is 314 g/mol. The highest BCUT2D eigenvalue weighted by Gasteiger charge is 2.08. The fourth-order valence-corrected chi connectivity index (χ4v) is 3.10. The van der Waals surface area contributed by atoms with Crippen LogP contribution < -0.4 is 10.1 Å². The number of carbonyl (C=O) groups excluding carboxylic acids is 1. The number of aromatic nitrogens is 2. The van der Waals surface area contributed by atoms with E-state index in [1.54, 1.807) is 7.11 Å². The minimum absolute atomic E-state index is 0.0300. The molecule has 5 heteroatoms. The Balaban J connectivity index is 1.58. The number of carbonyl (C=O) groups is 1. The number of hydrogen-bond acceptors (Lipinski definition) is 3. The molecule has 0 saturated carbocycles. The van der Waals surface area contributed by atoms with E-state index in [1.807, 2.05) is 50.4 Å². The van der Waals surface area contributed by atoms with E-state index in [9.17, 15) is 4.79 Å². The van der Waals surface area contributed by atoms with Gasteiger partial charge in [-0.1, -0.05) is 0 Å². The second-order valence-corrected chi connectivity index (χ2v) is 6.26. The Hall–Kier alpha value is -2.82. The van der Waals surface area contributed by atoms with Gasteiger partial charge in [-0.05, 0) is 61.7 Å². The quantitative estimate of drug-likeness (QED) is 0.726. The molecule has 0 fully saturated rings. The molecule has 0 spiro atoms. The average Bonchev–Trinajstić information content (AvgIpc) is 2.96. The van der Waals surface area contributed by atoms with Crippen LogP contribution in [0.15, 0.2) is 36.5 Å². The van der Waals surface area contributed by atoms with Crippen LogP contribution >= 0.6 is 0 Å². The van der Waals surface area contributed by atoms with Crippen LogP contribution in [0, 0.1) is 13.8 Å². The molecule has 0 aliphatic carbocycles. The molecule has 3 aromatic rings. The van der Waals surface area contributed by atoms with E-state index in [-0.39, 0.29) is 5.91 Å². The Labute approximate surface area is 147 Å². The summed E-state index contributed by atoms with van der Waals surface area (Å²) < 4.78 is 5.29. The van der Waals surface area contributed by atoms with Crippen molar-refractivity contribution in [2.24, 2.45) is 0 Å². The molecule has 0 unspecified atom stereocenters. The van der Waals surface area contributed by atoms with Crippen LogP contribution in [0.25, 0.3) is 10.9 Å². The van der Waals surface area contributed by atoms with Crippen LogP contribution in [0.2, 0.25) is 0 Å². The Morgan fingerprint density at radius 3 is 2.68 bits per heavy atom. The van der Waals surface area contributed by atoms with Gasteiger partial charge in [0.25, 0.3) is 0 Å². The molecule has 0 aliphatic rings. The third-order valence-corrected chi connectivity index (χ3v) is 4.20. The number of aromatic amines is 1. The van der Waals surface area contributed by atoms with Crippen molar-refractivity contribution in [2.75, 3.05) is 13.7 Å². The first-order valence-electron chi connectivity index (χ1n) is 8.40. The molecule has 2 aromatic heterocycles. The van der Waals surface area contributed by atoms with Crippen LogP contribution in [0.1, 0.15) is 22.5 Å². The number of methoxy groups -OCH3 is 1. The second-order valence-electron chi connectivity index (χ2n) is 6.26. The van der Waals surface area contributed by atoms with Crippen molar-refractivity contribution in [3.05, 3.63) is 59.0 Å². The first-order chi connectivity index (χ1) is 12.0. The largest absolute Gasteiger partial charge is 0.497 e. The maximum Gasteiger partial charge on any atom is 0.224 e. The van der Waals surface area contributed by atoms with Gasteiger partial charge < -0.3 is 15.0 Å². The van der Waals surface area contributed by atoms with Gasteiger partial charge in [0, 0.05) is 35.0 Å². The number of aryl methyl sites for hydroxylation is 2. The summed E-state index contributed by atoms with van der Waals surface area (Å²) in [6.45, 7) is 4.49. The number of rotatable bonds is 6. The molecule has 2 N–H and O–H groups in total. The number of nitrogens with one attached hydrogen (secondary N) is 2. The molecule has 0 bridgehead atoms. The lowest BCUT2D eigenvalue weighted by molar-refractivity contribution is -0.120. The first-order valence-corrected chi connectivity index (χ1v) is 8.40. The van der Waals surface area contributed by atoms with Gasteiger partial charge in [-0.2, -0.15) is 0 Å². The Bertz CT molecular complexity index is 879. The molecule has 25 heavy (non-hydrogen) atoms. The average molecular weight is 337 g/mol. The van der Waals surface area contributed by atoms with E-state index in [0.29, 0.717) is 13.0 Å². The standard InChI is InChI=1S/C20H23N3O2/c1-13-8-15(9-14(2)23-13)10-20(24)21-7-6-16-12-22-19-5-4-17(25-3)11-18(16)19/h4-5,8-9,11-12,22H,6-7,10H2,1-3H3,(H,21,24). The second kappa shape index (κ2) is 7.38. The minimum atomic E-state index is 0.0300. The molecule has 0 atom stereocenters. The Kier molecular flexibility index (Phi) is 5.03. The molecule has 130 valence electrons. The van der Waals surface area contributed by atoms with Crippen molar-refractivity contribution < 1.29 is 9.53 Å². The Morgan fingerprint density at radius 2 is 1.96 bits per heavy atom. The van der Waals surface area contributed by atoms with Crippen molar-refractivity contribution in [2.45, 2.75) is 26.7 Å². The molecule has 3 rings (SSSR count). The van der Waals surface area contributed by atoms with Gasteiger partial charge in [-0.3, -0.25) is 9.78 Å². The van der Waals surface area contributed by atoms with E-state index in [1.165, 1.54) is 5.56 Å². The lowest BCUT2D eigenvalue weighted by Gasteiger charge is -2.07. The zero-order chi connectivity index (χ0) is 17.8. The lowest BCUT2D eigenvalue weighted by Crippen LogP contribution is -2.27. The van der Waals surface area contributed by atoms with Crippen LogP contribution in [-0.2, 0) is 17.6 Å². The number of hydrogen-bond donors (Lipinski definition) is 2. The summed E-state index contributed by atoms with van der Waals surface area (Å²) in [4.78, 5) is 19.8. The van der Waals surface area contributed by atoms with Gasteiger partial charge in [0.2, 0.25) is 5.91 Å². The monoisotopic (exact) mass is 337 g/mol. The summed E-state index contributed by atoms with van der Waals surface area (Å²) >= 11 is 0. The van der Waals surface area contributed by atoms with Crippen molar-refractivity contribution in [1.82, 2.24) is 15.3 Å². The summed E-state index contributed by atoms with van der Waals surface area (Å²) in [5.74, 6) is 0.864. The highest BCUT2D eigenvalue weighted by atomic mass is 16.5. The SMILES string of the molecule is COc1ccc2[nH]cc(CCNC(=O)Cc3cc(C)nc(C)c3)c2c1. The molecule has 1 amide bonds. The third-order valence-electron chi connectivity index (χ3n) is 4.20. The first kappa shape index (κ1) is 17.0. The predicted octanol–water partition coefficient (Wildman–Crippen LogP) is 3.09. The van der Waals surface area contributed by atoms with Crippen LogP contribution in [0.4, 0.5) is 0 Å². The van der Waals surface area contributed by atoms with Gasteiger partial charge >= 0.3 is 0 Å².